The topological polar surface area (TPSA) is 117 Å². The Hall–Kier alpha value is -2.06. The lowest BCUT2D eigenvalue weighted by Crippen LogP contribution is -2.37. The van der Waals surface area contributed by atoms with Crippen LogP contribution in [0, 0.1) is 0 Å². The van der Waals surface area contributed by atoms with Crippen LogP contribution in [0.2, 0.25) is 0 Å². The summed E-state index contributed by atoms with van der Waals surface area (Å²) in [4.78, 5) is 26.3. The Morgan fingerprint density at radius 3 is 2.69 bits per heavy atom. The average molecular weight is 638 g/mol. The SMILES string of the molecule is COc1ccc2nccc(N3CCCN(CCNS(=O)(=O)c4ccc5c(c4)NC(=O)CS5)CC3)c2n1.Cl.Cl.Cl. The number of halogens is 3. The van der Waals surface area contributed by atoms with Crippen molar-refractivity contribution in [2.24, 2.45) is 0 Å². The molecule has 0 unspecified atom stereocenters. The van der Waals surface area contributed by atoms with Gasteiger partial charge in [0.05, 0.1) is 34.6 Å². The van der Waals surface area contributed by atoms with Gasteiger partial charge >= 0.3 is 0 Å². The van der Waals surface area contributed by atoms with Crippen molar-refractivity contribution in [2.45, 2.75) is 16.2 Å². The second-order valence-electron chi connectivity index (χ2n) is 8.63. The van der Waals surface area contributed by atoms with Crippen molar-refractivity contribution in [1.82, 2.24) is 19.6 Å². The standard InChI is InChI=1S/C24H28N6O4S2.3ClH/c1-34-23-6-4-18-24(28-23)20(7-8-25-18)30-11-2-10-29(13-14-30)12-9-26-36(32,33)17-3-5-21-19(15-17)27-22(31)16-35-21;;;/h3-8,15,26H,2,9-14,16H2,1H3,(H,27,31);3*1H. The van der Waals surface area contributed by atoms with Gasteiger partial charge in [0.15, 0.2) is 0 Å². The summed E-state index contributed by atoms with van der Waals surface area (Å²) in [6.45, 7) is 4.26. The number of benzene rings is 1. The molecule has 1 fully saturated rings. The molecule has 214 valence electrons. The minimum Gasteiger partial charge on any atom is -0.481 e. The Balaban J connectivity index is 0.00000178. The molecule has 0 atom stereocenters. The maximum atomic E-state index is 12.8. The van der Waals surface area contributed by atoms with E-state index in [4.69, 9.17) is 4.74 Å². The highest BCUT2D eigenvalue weighted by Gasteiger charge is 2.22. The number of aromatic nitrogens is 2. The predicted octanol–water partition coefficient (Wildman–Crippen LogP) is 3.44. The number of rotatable bonds is 7. The number of amides is 1. The van der Waals surface area contributed by atoms with E-state index in [-0.39, 0.29) is 48.0 Å². The Morgan fingerprint density at radius 2 is 1.90 bits per heavy atom. The molecule has 4 heterocycles. The fraction of sp³-hybridized carbons (Fsp3) is 0.375. The fourth-order valence-corrected chi connectivity index (χ4v) is 6.28. The number of thioether (sulfide) groups is 1. The van der Waals surface area contributed by atoms with Gasteiger partial charge in [-0.15, -0.1) is 49.0 Å². The highest BCUT2D eigenvalue weighted by atomic mass is 35.5. The van der Waals surface area contributed by atoms with Crippen molar-refractivity contribution in [2.75, 3.05) is 62.3 Å². The molecule has 1 amide bonds. The Bertz CT molecular complexity index is 1400. The minimum atomic E-state index is -3.68. The number of fused-ring (bicyclic) bond motifs is 2. The Kier molecular flexibility index (Phi) is 12.4. The van der Waals surface area contributed by atoms with E-state index in [1.165, 1.54) is 17.8 Å². The molecule has 0 aliphatic carbocycles. The molecule has 2 aliphatic rings. The van der Waals surface area contributed by atoms with Crippen LogP contribution in [0.25, 0.3) is 11.0 Å². The first-order valence-electron chi connectivity index (χ1n) is 11.8. The van der Waals surface area contributed by atoms with Crippen LogP contribution in [0.1, 0.15) is 6.42 Å². The third-order valence-corrected chi connectivity index (χ3v) is 8.82. The van der Waals surface area contributed by atoms with Gasteiger partial charge < -0.3 is 19.9 Å². The molecule has 3 aromatic rings. The zero-order valence-electron chi connectivity index (χ0n) is 21.2. The summed E-state index contributed by atoms with van der Waals surface area (Å²) in [6, 6.07) is 10.5. The van der Waals surface area contributed by atoms with E-state index in [9.17, 15) is 13.2 Å². The van der Waals surface area contributed by atoms with Crippen molar-refractivity contribution >= 4 is 87.3 Å². The number of hydrogen-bond donors (Lipinski definition) is 2. The second-order valence-corrected chi connectivity index (χ2v) is 11.4. The Morgan fingerprint density at radius 1 is 1.08 bits per heavy atom. The van der Waals surface area contributed by atoms with Crippen molar-refractivity contribution < 1.29 is 17.9 Å². The van der Waals surface area contributed by atoms with Gasteiger partial charge in [-0.3, -0.25) is 9.78 Å². The summed E-state index contributed by atoms with van der Waals surface area (Å²) in [6.07, 6.45) is 2.75. The summed E-state index contributed by atoms with van der Waals surface area (Å²) in [5.41, 5.74) is 3.21. The number of nitrogens with one attached hydrogen (secondary N) is 2. The predicted molar refractivity (Wildman–Crippen MR) is 162 cm³/mol. The van der Waals surface area contributed by atoms with Crippen molar-refractivity contribution in [3.8, 4) is 5.88 Å². The van der Waals surface area contributed by atoms with E-state index in [1.54, 1.807) is 25.4 Å². The highest BCUT2D eigenvalue weighted by molar-refractivity contribution is 8.00. The number of anilines is 2. The van der Waals surface area contributed by atoms with Crippen LogP contribution >= 0.6 is 49.0 Å². The molecule has 0 spiro atoms. The van der Waals surface area contributed by atoms with Crippen LogP contribution in [0.15, 0.2) is 52.4 Å². The summed E-state index contributed by atoms with van der Waals surface area (Å²) < 4.78 is 33.7. The van der Waals surface area contributed by atoms with Crippen LogP contribution in [0.3, 0.4) is 0 Å². The van der Waals surface area contributed by atoms with Gasteiger partial charge in [-0.25, -0.2) is 18.1 Å². The number of pyridine rings is 2. The molecule has 2 aromatic heterocycles. The first kappa shape index (κ1) is 33.1. The lowest BCUT2D eigenvalue weighted by atomic mass is 10.2. The first-order valence-corrected chi connectivity index (χ1v) is 14.2. The quantitative estimate of drug-likeness (QED) is 0.402. The molecule has 10 nitrogen and oxygen atoms in total. The zero-order valence-corrected chi connectivity index (χ0v) is 25.2. The number of methoxy groups -OCH3 is 1. The smallest absolute Gasteiger partial charge is 0.240 e. The number of sulfonamides is 1. The monoisotopic (exact) mass is 636 g/mol. The van der Waals surface area contributed by atoms with Gasteiger partial charge in [0, 0.05) is 49.9 Å². The number of nitrogens with zero attached hydrogens (tertiary/aromatic N) is 4. The van der Waals surface area contributed by atoms with Crippen LogP contribution in [0.5, 0.6) is 5.88 Å². The second kappa shape index (κ2) is 14.5. The molecular weight excluding hydrogens is 607 g/mol. The molecule has 0 radical (unpaired) electrons. The lowest BCUT2D eigenvalue weighted by Gasteiger charge is -2.24. The van der Waals surface area contributed by atoms with Crippen LogP contribution in [0.4, 0.5) is 11.4 Å². The van der Waals surface area contributed by atoms with Gasteiger partial charge in [0.2, 0.25) is 21.8 Å². The fourth-order valence-electron chi connectivity index (χ4n) is 4.45. The molecule has 1 aromatic carbocycles. The summed E-state index contributed by atoms with van der Waals surface area (Å²) in [7, 11) is -2.08. The summed E-state index contributed by atoms with van der Waals surface area (Å²) in [5.74, 6) is 0.771. The highest BCUT2D eigenvalue weighted by Crippen LogP contribution is 2.33. The molecule has 2 N–H and O–H groups in total. The van der Waals surface area contributed by atoms with Crippen molar-refractivity contribution in [1.29, 1.82) is 0 Å². The average Bonchev–Trinajstić information content (AvgIpc) is 3.13. The zero-order chi connectivity index (χ0) is 25.1. The molecule has 0 saturated carbocycles. The third kappa shape index (κ3) is 7.78. The lowest BCUT2D eigenvalue weighted by molar-refractivity contribution is -0.113. The molecule has 39 heavy (non-hydrogen) atoms. The van der Waals surface area contributed by atoms with E-state index in [2.05, 4.69) is 29.8 Å². The van der Waals surface area contributed by atoms with E-state index in [0.717, 1.165) is 54.2 Å². The molecule has 0 bridgehead atoms. The van der Waals surface area contributed by atoms with Crippen LogP contribution in [-0.2, 0) is 14.8 Å². The normalized spacial score (nSPS) is 15.6. The van der Waals surface area contributed by atoms with E-state index in [0.29, 0.717) is 30.4 Å². The van der Waals surface area contributed by atoms with Crippen LogP contribution < -0.4 is 19.7 Å². The molecular formula is C24H31Cl3N6O4S2. The Labute approximate surface area is 250 Å². The number of carbonyl (C=O) groups is 1. The van der Waals surface area contributed by atoms with E-state index in [1.807, 2.05) is 18.2 Å². The summed E-state index contributed by atoms with van der Waals surface area (Å²) >= 11 is 1.40. The molecule has 15 heteroatoms. The van der Waals surface area contributed by atoms with Crippen molar-refractivity contribution in [3.05, 3.63) is 42.6 Å². The number of ether oxygens (including phenoxy) is 1. The van der Waals surface area contributed by atoms with Gasteiger partial charge in [-0.05, 0) is 43.3 Å². The first-order chi connectivity index (χ1) is 17.4. The molecule has 2 aliphatic heterocycles. The maximum Gasteiger partial charge on any atom is 0.240 e. The van der Waals surface area contributed by atoms with Crippen molar-refractivity contribution in [3.63, 3.8) is 0 Å². The van der Waals surface area contributed by atoms with Gasteiger partial charge in [0.1, 0.15) is 5.52 Å². The van der Waals surface area contributed by atoms with E-state index < -0.39 is 10.0 Å². The maximum absolute atomic E-state index is 12.8. The van der Waals surface area contributed by atoms with Gasteiger partial charge in [-0.1, -0.05) is 0 Å². The third-order valence-electron chi connectivity index (χ3n) is 6.29. The summed E-state index contributed by atoms with van der Waals surface area (Å²) in [5, 5.41) is 2.74. The minimum absolute atomic E-state index is 0. The van der Waals surface area contributed by atoms with Gasteiger partial charge in [-0.2, -0.15) is 0 Å². The number of carbonyl (C=O) groups excluding carboxylic acids is 1. The molecule has 5 rings (SSSR count). The van der Waals surface area contributed by atoms with E-state index >= 15 is 0 Å². The largest absolute Gasteiger partial charge is 0.481 e. The van der Waals surface area contributed by atoms with Crippen LogP contribution in [-0.4, -0.2) is 81.3 Å². The van der Waals surface area contributed by atoms with Gasteiger partial charge in [0.25, 0.3) is 0 Å². The number of hydrogen-bond acceptors (Lipinski definition) is 9. The molecule has 1 saturated heterocycles.